The summed E-state index contributed by atoms with van der Waals surface area (Å²) >= 11 is 0. The van der Waals surface area contributed by atoms with Crippen molar-refractivity contribution in [3.05, 3.63) is 72.3 Å². The lowest BCUT2D eigenvalue weighted by Crippen LogP contribution is -2.21. The Morgan fingerprint density at radius 2 is 1.60 bits per heavy atom. The molecular formula is C22H22N2O. The zero-order valence-corrected chi connectivity index (χ0v) is 14.2. The van der Waals surface area contributed by atoms with Gasteiger partial charge >= 0.3 is 0 Å². The number of nitrogens with one attached hydrogen (secondary N) is 1. The van der Waals surface area contributed by atoms with E-state index in [0.29, 0.717) is 6.42 Å². The minimum Gasteiger partial charge on any atom is -0.370 e. The van der Waals surface area contributed by atoms with Crippen molar-refractivity contribution in [2.24, 2.45) is 0 Å². The normalized spacial score (nSPS) is 14.0. The predicted molar refractivity (Wildman–Crippen MR) is 104 cm³/mol. The highest BCUT2D eigenvalue weighted by Gasteiger charge is 2.16. The summed E-state index contributed by atoms with van der Waals surface area (Å²) < 4.78 is 0. The fraction of sp³-hybridized carbons (Fsp3) is 0.227. The molecule has 0 aliphatic carbocycles. The summed E-state index contributed by atoms with van der Waals surface area (Å²) in [6.45, 7) is 2.13. The molecule has 126 valence electrons. The highest BCUT2D eigenvalue weighted by atomic mass is 16.1. The number of hydrogen-bond donors (Lipinski definition) is 1. The molecule has 0 unspecified atom stereocenters. The predicted octanol–water partition coefficient (Wildman–Crippen LogP) is 4.62. The van der Waals surface area contributed by atoms with E-state index in [4.69, 9.17) is 0 Å². The quantitative estimate of drug-likeness (QED) is 0.757. The number of fused-ring (bicyclic) bond motifs is 1. The van der Waals surface area contributed by atoms with E-state index in [-0.39, 0.29) is 5.91 Å². The standard InChI is InChI=1S/C22H22N2O/c25-22(16-17-11-12-18-7-1-2-8-19(18)15-17)23-20-9-3-4-10-21(20)24-13-5-6-14-24/h1-4,7-12,15H,5-6,13-14,16H2,(H,23,25). The van der Waals surface area contributed by atoms with Crippen LogP contribution in [-0.4, -0.2) is 19.0 Å². The molecule has 3 aromatic carbocycles. The first-order valence-electron chi connectivity index (χ1n) is 8.91. The summed E-state index contributed by atoms with van der Waals surface area (Å²) in [4.78, 5) is 14.9. The zero-order valence-electron chi connectivity index (χ0n) is 14.2. The lowest BCUT2D eigenvalue weighted by atomic mass is 10.0. The van der Waals surface area contributed by atoms with Crippen LogP contribution in [0.5, 0.6) is 0 Å². The summed E-state index contributed by atoms with van der Waals surface area (Å²) in [6.07, 6.45) is 2.83. The van der Waals surface area contributed by atoms with Gasteiger partial charge in [-0.3, -0.25) is 4.79 Å². The van der Waals surface area contributed by atoms with E-state index in [1.807, 2.05) is 36.4 Å². The van der Waals surface area contributed by atoms with Crippen molar-refractivity contribution >= 4 is 28.1 Å². The average Bonchev–Trinajstić information content (AvgIpc) is 3.16. The molecule has 1 aliphatic heterocycles. The molecule has 0 saturated carbocycles. The van der Waals surface area contributed by atoms with Crippen LogP contribution in [0, 0.1) is 0 Å². The van der Waals surface area contributed by atoms with Crippen LogP contribution in [-0.2, 0) is 11.2 Å². The minimum absolute atomic E-state index is 0.0296. The van der Waals surface area contributed by atoms with Crippen LogP contribution < -0.4 is 10.2 Å². The number of benzene rings is 3. The van der Waals surface area contributed by atoms with Crippen LogP contribution in [0.15, 0.2) is 66.7 Å². The van der Waals surface area contributed by atoms with Crippen LogP contribution in [0.4, 0.5) is 11.4 Å². The minimum atomic E-state index is 0.0296. The molecule has 1 amide bonds. The molecular weight excluding hydrogens is 308 g/mol. The summed E-state index contributed by atoms with van der Waals surface area (Å²) in [7, 11) is 0. The molecule has 1 saturated heterocycles. The summed E-state index contributed by atoms with van der Waals surface area (Å²) in [5, 5.41) is 5.47. The Kier molecular flexibility index (Phi) is 4.38. The number of amides is 1. The second-order valence-corrected chi connectivity index (χ2v) is 6.62. The molecule has 3 heteroatoms. The SMILES string of the molecule is O=C(Cc1ccc2ccccc2c1)Nc1ccccc1N1CCCC1. The number of hydrogen-bond acceptors (Lipinski definition) is 2. The van der Waals surface area contributed by atoms with Crippen molar-refractivity contribution < 1.29 is 4.79 Å². The fourth-order valence-corrected chi connectivity index (χ4v) is 3.54. The Hall–Kier alpha value is -2.81. The molecule has 0 spiro atoms. The Bertz CT molecular complexity index is 897. The molecule has 1 N–H and O–H groups in total. The average molecular weight is 330 g/mol. The summed E-state index contributed by atoms with van der Waals surface area (Å²) in [5.74, 6) is 0.0296. The third kappa shape index (κ3) is 3.50. The van der Waals surface area contributed by atoms with Gasteiger partial charge in [0.15, 0.2) is 0 Å². The lowest BCUT2D eigenvalue weighted by molar-refractivity contribution is -0.115. The Balaban J connectivity index is 1.50. The number of para-hydroxylation sites is 2. The van der Waals surface area contributed by atoms with Gasteiger partial charge in [-0.25, -0.2) is 0 Å². The zero-order chi connectivity index (χ0) is 17.1. The second kappa shape index (κ2) is 6.98. The van der Waals surface area contributed by atoms with E-state index >= 15 is 0 Å². The monoisotopic (exact) mass is 330 g/mol. The van der Waals surface area contributed by atoms with Gasteiger partial charge in [0.05, 0.1) is 17.8 Å². The van der Waals surface area contributed by atoms with E-state index < -0.39 is 0 Å². The van der Waals surface area contributed by atoms with Crippen LogP contribution >= 0.6 is 0 Å². The maximum Gasteiger partial charge on any atom is 0.228 e. The Labute approximate surface area is 148 Å². The fourth-order valence-electron chi connectivity index (χ4n) is 3.54. The first kappa shape index (κ1) is 15.7. The van der Waals surface area contributed by atoms with Crippen LogP contribution in [0.25, 0.3) is 10.8 Å². The third-order valence-electron chi connectivity index (χ3n) is 4.80. The number of rotatable bonds is 4. The van der Waals surface area contributed by atoms with Crippen molar-refractivity contribution in [1.82, 2.24) is 0 Å². The molecule has 0 bridgehead atoms. The smallest absolute Gasteiger partial charge is 0.228 e. The van der Waals surface area contributed by atoms with Gasteiger partial charge in [-0.2, -0.15) is 0 Å². The van der Waals surface area contributed by atoms with Crippen LogP contribution in [0.1, 0.15) is 18.4 Å². The van der Waals surface area contributed by atoms with Crippen LogP contribution in [0.3, 0.4) is 0 Å². The van der Waals surface area contributed by atoms with Crippen molar-refractivity contribution in [2.75, 3.05) is 23.3 Å². The maximum atomic E-state index is 12.6. The maximum absolute atomic E-state index is 12.6. The number of carbonyl (C=O) groups excluding carboxylic acids is 1. The highest BCUT2D eigenvalue weighted by Crippen LogP contribution is 2.28. The van der Waals surface area contributed by atoms with Gasteiger partial charge < -0.3 is 10.2 Å². The molecule has 1 fully saturated rings. The summed E-state index contributed by atoms with van der Waals surface area (Å²) in [5.41, 5.74) is 3.08. The lowest BCUT2D eigenvalue weighted by Gasteiger charge is -2.21. The van der Waals surface area contributed by atoms with Crippen molar-refractivity contribution in [3.8, 4) is 0 Å². The van der Waals surface area contributed by atoms with Gasteiger partial charge in [0.2, 0.25) is 5.91 Å². The number of nitrogens with zero attached hydrogens (tertiary/aromatic N) is 1. The molecule has 1 aliphatic rings. The topological polar surface area (TPSA) is 32.3 Å². The van der Waals surface area contributed by atoms with Gasteiger partial charge in [0.1, 0.15) is 0 Å². The highest BCUT2D eigenvalue weighted by molar-refractivity contribution is 5.96. The first-order chi connectivity index (χ1) is 12.3. The van der Waals surface area contributed by atoms with E-state index in [2.05, 4.69) is 40.5 Å². The van der Waals surface area contributed by atoms with Crippen molar-refractivity contribution in [2.45, 2.75) is 19.3 Å². The second-order valence-electron chi connectivity index (χ2n) is 6.62. The first-order valence-corrected chi connectivity index (χ1v) is 8.91. The molecule has 3 aromatic rings. The van der Waals surface area contributed by atoms with E-state index in [0.717, 1.165) is 30.0 Å². The number of carbonyl (C=O) groups is 1. The molecule has 25 heavy (non-hydrogen) atoms. The Morgan fingerprint density at radius 3 is 2.44 bits per heavy atom. The van der Waals surface area contributed by atoms with Gasteiger partial charge in [-0.1, -0.05) is 54.6 Å². The molecule has 0 atom stereocenters. The molecule has 3 nitrogen and oxygen atoms in total. The summed E-state index contributed by atoms with van der Waals surface area (Å²) in [6, 6.07) is 22.5. The molecule has 1 heterocycles. The van der Waals surface area contributed by atoms with E-state index in [9.17, 15) is 4.79 Å². The molecule has 0 aromatic heterocycles. The van der Waals surface area contributed by atoms with E-state index in [1.165, 1.54) is 23.6 Å². The van der Waals surface area contributed by atoms with Crippen LogP contribution in [0.2, 0.25) is 0 Å². The van der Waals surface area contributed by atoms with Gasteiger partial charge in [-0.05, 0) is 41.3 Å². The van der Waals surface area contributed by atoms with Gasteiger partial charge in [0, 0.05) is 13.1 Å². The van der Waals surface area contributed by atoms with Crippen molar-refractivity contribution in [1.29, 1.82) is 0 Å². The van der Waals surface area contributed by atoms with Gasteiger partial charge in [0.25, 0.3) is 0 Å². The molecule has 0 radical (unpaired) electrons. The molecule has 4 rings (SSSR count). The van der Waals surface area contributed by atoms with Crippen molar-refractivity contribution in [3.63, 3.8) is 0 Å². The Morgan fingerprint density at radius 1 is 0.880 bits per heavy atom. The number of anilines is 2. The largest absolute Gasteiger partial charge is 0.370 e. The third-order valence-corrected chi connectivity index (χ3v) is 4.80. The van der Waals surface area contributed by atoms with E-state index in [1.54, 1.807) is 0 Å². The van der Waals surface area contributed by atoms with Gasteiger partial charge in [-0.15, -0.1) is 0 Å².